The lowest BCUT2D eigenvalue weighted by atomic mass is 9.76. The Labute approximate surface area is 490 Å². The Morgan fingerprint density at radius 3 is 1.00 bits per heavy atom. The van der Waals surface area contributed by atoms with Crippen molar-refractivity contribution in [1.82, 2.24) is 19.1 Å². The summed E-state index contributed by atoms with van der Waals surface area (Å²) in [5, 5.41) is 17.0. The Kier molecular flexibility index (Phi) is 11.8. The minimum atomic E-state index is -0.574. The SMILES string of the molecule is CCCCCCCCCCCn1c(=O)c2ccc3c4ccc5c(=O)[nH]c(=O)c6cc7c8c9cc%10c(=O)[nH]c(=O)c%11ccc%12c%13c(Br)cc%14c(=O)n(CCCCCCCCCCC)c(=O)c%15cc(c8c8cc(c1=O)c2c3c8c7c4c56)c(c9c%12c%11%10)c%13c%14%15. The molecule has 0 saturated heterocycles. The molecule has 0 aliphatic carbocycles. The van der Waals surface area contributed by atoms with Crippen molar-refractivity contribution in [2.75, 3.05) is 0 Å². The number of aromatic nitrogens is 4. The number of nitrogens with zero attached hydrogens (tertiary/aromatic N) is 2. The second-order valence-corrected chi connectivity index (χ2v) is 25.5. The van der Waals surface area contributed by atoms with Crippen molar-refractivity contribution in [3.8, 4) is 0 Å². The maximum atomic E-state index is 15.6. The van der Waals surface area contributed by atoms with E-state index in [0.29, 0.717) is 147 Å². The Morgan fingerprint density at radius 1 is 0.271 bits per heavy atom. The van der Waals surface area contributed by atoms with Gasteiger partial charge in [0.1, 0.15) is 0 Å². The zero-order valence-corrected chi connectivity index (χ0v) is 49.1. The summed E-state index contributed by atoms with van der Waals surface area (Å²) in [5.74, 6) is 0. The highest BCUT2D eigenvalue weighted by Crippen LogP contribution is 2.57. The second kappa shape index (κ2) is 19.3. The van der Waals surface area contributed by atoms with Crippen molar-refractivity contribution in [3.63, 3.8) is 0 Å². The van der Waals surface area contributed by atoms with Crippen LogP contribution >= 0.6 is 15.9 Å². The number of fused-ring (bicyclic) bond motifs is 7. The number of nitrogens with one attached hydrogen (secondary N) is 2. The highest BCUT2D eigenvalue weighted by Gasteiger charge is 2.33. The van der Waals surface area contributed by atoms with Crippen molar-refractivity contribution >= 4 is 178 Å². The van der Waals surface area contributed by atoms with E-state index < -0.39 is 33.4 Å². The number of rotatable bonds is 20. The largest absolute Gasteiger partial charge is 0.288 e. The molecule has 4 aromatic heterocycles. The molecular formula is C72H59BrN4O8. The molecule has 12 nitrogen and oxygen atoms in total. The fourth-order valence-corrected chi connectivity index (χ4v) is 16.7. The van der Waals surface area contributed by atoms with Crippen LogP contribution in [0.4, 0.5) is 0 Å². The van der Waals surface area contributed by atoms with E-state index in [-0.39, 0.29) is 35.0 Å². The molecule has 13 heteroatoms. The second-order valence-electron chi connectivity index (χ2n) is 24.6. The predicted octanol–water partition coefficient (Wildman–Crippen LogP) is 15.5. The molecule has 0 amide bonds. The molecule has 0 saturated carbocycles. The molecule has 0 bridgehead atoms. The molecule has 0 spiro atoms. The summed E-state index contributed by atoms with van der Waals surface area (Å²) in [6.07, 6.45) is 19.3. The van der Waals surface area contributed by atoms with Crippen LogP contribution in [0.15, 0.2) is 110 Å². The van der Waals surface area contributed by atoms with Gasteiger partial charge in [-0.05, 0) is 148 Å². The number of pyridine rings is 4. The highest BCUT2D eigenvalue weighted by molar-refractivity contribution is 9.10. The molecule has 12 aromatic carbocycles. The molecular weight excluding hydrogens is 1130 g/mol. The summed E-state index contributed by atoms with van der Waals surface area (Å²) < 4.78 is 3.41. The van der Waals surface area contributed by atoms with Crippen molar-refractivity contribution in [2.24, 2.45) is 0 Å². The van der Waals surface area contributed by atoms with Crippen LogP contribution in [0.2, 0.25) is 0 Å². The van der Waals surface area contributed by atoms with E-state index in [9.17, 15) is 24.0 Å². The molecule has 0 unspecified atom stereocenters. The highest BCUT2D eigenvalue weighted by atomic mass is 79.9. The van der Waals surface area contributed by atoms with E-state index in [1.807, 2.05) is 54.6 Å². The van der Waals surface area contributed by atoms with E-state index in [1.165, 1.54) is 60.5 Å². The van der Waals surface area contributed by atoms with Crippen molar-refractivity contribution in [3.05, 3.63) is 154 Å². The lowest BCUT2D eigenvalue weighted by molar-refractivity contribution is 0.530. The lowest BCUT2D eigenvalue weighted by Gasteiger charge is -2.26. The number of hydrogen-bond donors (Lipinski definition) is 2. The average molecular weight is 1190 g/mol. The fourth-order valence-electron chi connectivity index (χ4n) is 16.1. The number of unbranched alkanes of at least 4 members (excludes halogenated alkanes) is 16. The minimum absolute atomic E-state index is 0.241. The number of H-pyrrole nitrogens is 2. The van der Waals surface area contributed by atoms with Crippen LogP contribution in [0.25, 0.3) is 162 Å². The summed E-state index contributed by atoms with van der Waals surface area (Å²) in [5.41, 5.74) is -3.74. The van der Waals surface area contributed by atoms with Crippen LogP contribution in [0.5, 0.6) is 0 Å². The zero-order valence-electron chi connectivity index (χ0n) is 47.5. The molecule has 4 heterocycles. The van der Waals surface area contributed by atoms with Crippen molar-refractivity contribution in [1.29, 1.82) is 0 Å². The maximum absolute atomic E-state index is 15.6. The average Bonchev–Trinajstić information content (AvgIpc) is 0.673. The molecule has 0 fully saturated rings. The monoisotopic (exact) mass is 1190 g/mol. The van der Waals surface area contributed by atoms with Gasteiger partial charge >= 0.3 is 0 Å². The van der Waals surface area contributed by atoms with Gasteiger partial charge in [-0.15, -0.1) is 0 Å². The van der Waals surface area contributed by atoms with Crippen LogP contribution in [0, 0.1) is 0 Å². The quantitative estimate of drug-likeness (QED) is 0.0430. The van der Waals surface area contributed by atoms with Gasteiger partial charge in [0.15, 0.2) is 0 Å². The van der Waals surface area contributed by atoms with Crippen molar-refractivity contribution in [2.45, 2.75) is 143 Å². The number of halogens is 1. The van der Waals surface area contributed by atoms with Crippen LogP contribution in [0.1, 0.15) is 129 Å². The first-order valence-electron chi connectivity index (χ1n) is 30.9. The smallest absolute Gasteiger partial charge is 0.261 e. The van der Waals surface area contributed by atoms with Gasteiger partial charge < -0.3 is 0 Å². The third-order valence-corrected chi connectivity index (χ3v) is 20.5. The molecule has 0 aliphatic heterocycles. The summed E-state index contributed by atoms with van der Waals surface area (Å²) in [6.45, 7) is 4.92. The van der Waals surface area contributed by atoms with Crippen LogP contribution < -0.4 is 44.5 Å². The van der Waals surface area contributed by atoms with Gasteiger partial charge in [0.2, 0.25) is 0 Å². The molecule has 2 N–H and O–H groups in total. The number of benzene rings is 12. The Balaban J connectivity index is 1.08. The summed E-state index contributed by atoms with van der Waals surface area (Å²) in [7, 11) is 0. The first-order valence-corrected chi connectivity index (χ1v) is 31.7. The molecule has 16 rings (SSSR count). The lowest BCUT2D eigenvalue weighted by Crippen LogP contribution is -2.33. The zero-order chi connectivity index (χ0) is 58.0. The van der Waals surface area contributed by atoms with Gasteiger partial charge in [0.05, 0.1) is 0 Å². The first-order chi connectivity index (χ1) is 41.4. The van der Waals surface area contributed by atoms with E-state index in [0.717, 1.165) is 72.9 Å². The van der Waals surface area contributed by atoms with E-state index in [4.69, 9.17) is 0 Å². The normalized spacial score (nSPS) is 13.0. The topological polar surface area (TPSA) is 178 Å². The maximum Gasteiger partial charge on any atom is 0.261 e. The Morgan fingerprint density at radius 2 is 0.553 bits per heavy atom. The summed E-state index contributed by atoms with van der Waals surface area (Å²) >= 11 is 3.98. The molecule has 0 radical (unpaired) electrons. The standard InChI is InChI=1S/C72H59BrN4O8/c1-3-5-7-9-11-13-15-17-19-27-76-69(82)39-26-22-35-34-21-24-37-50-44(67(80)74-65(37)78)29-40-53-41-30-45-51-38(66(79)75-68(45)81)25-23-36-56-49(73)33-48-55-47(71(84)77(72(48)85)28-20-18-16-14-12-10-8-6-4-2)32-43(63(64(55)56)62(41)59(36)51)54(53)42-31-46(70(76)83)52(39)58(35)61(42)60(40)57(34)50/h21-26,29-33H,3-20,27-28H2,1-2H3,(H,74,78,80)(H,75,79,81). The van der Waals surface area contributed by atoms with Gasteiger partial charge in [-0.25, -0.2) is 0 Å². The Bertz CT molecular complexity index is 5980. The Hall–Kier alpha value is -8.42. The molecule has 85 heavy (non-hydrogen) atoms. The third kappa shape index (κ3) is 7.07. The summed E-state index contributed by atoms with van der Waals surface area (Å²) in [4.78, 5) is 123. The van der Waals surface area contributed by atoms with Gasteiger partial charge in [-0.1, -0.05) is 151 Å². The number of hydrogen-bond acceptors (Lipinski definition) is 8. The first kappa shape index (κ1) is 52.2. The summed E-state index contributed by atoms with van der Waals surface area (Å²) in [6, 6.07) is 20.3. The van der Waals surface area contributed by atoms with Crippen LogP contribution in [0.3, 0.4) is 0 Å². The molecule has 0 atom stereocenters. The van der Waals surface area contributed by atoms with Crippen LogP contribution in [-0.4, -0.2) is 19.1 Å². The predicted molar refractivity (Wildman–Crippen MR) is 356 cm³/mol. The molecule has 0 aliphatic rings. The van der Waals surface area contributed by atoms with Crippen molar-refractivity contribution < 1.29 is 0 Å². The molecule has 422 valence electrons. The minimum Gasteiger partial charge on any atom is -0.288 e. The van der Waals surface area contributed by atoms with Gasteiger partial charge in [0.25, 0.3) is 44.5 Å². The van der Waals surface area contributed by atoms with Gasteiger partial charge in [-0.2, -0.15) is 0 Å². The van der Waals surface area contributed by atoms with E-state index in [1.54, 1.807) is 12.1 Å². The molecule has 16 aromatic rings. The fraction of sp³-hybridized carbons (Fsp3) is 0.306. The number of aromatic amines is 2. The van der Waals surface area contributed by atoms with Gasteiger partial charge in [-0.3, -0.25) is 57.5 Å². The van der Waals surface area contributed by atoms with E-state index >= 15 is 14.4 Å². The van der Waals surface area contributed by atoms with Gasteiger partial charge in [0, 0.05) is 93.0 Å². The van der Waals surface area contributed by atoms with E-state index in [2.05, 4.69) is 39.7 Å². The third-order valence-electron chi connectivity index (χ3n) is 19.9. The van der Waals surface area contributed by atoms with Crippen LogP contribution in [-0.2, 0) is 13.1 Å².